The van der Waals surface area contributed by atoms with Gasteiger partial charge >= 0.3 is 17.9 Å². The number of nitrogens with zero attached hydrogens (tertiary/aromatic N) is 1. The van der Waals surface area contributed by atoms with Gasteiger partial charge in [0, 0.05) is 25.8 Å². The van der Waals surface area contributed by atoms with Crippen LogP contribution in [0.2, 0.25) is 0 Å². The number of aliphatic hydroxyl groups is 4. The van der Waals surface area contributed by atoms with Crippen LogP contribution >= 0.6 is 0 Å². The van der Waals surface area contributed by atoms with Gasteiger partial charge in [0.1, 0.15) is 84.6 Å². The smallest absolute Gasteiger partial charge is 0.328 e. The van der Waals surface area contributed by atoms with Crippen molar-refractivity contribution >= 4 is 112 Å². The summed E-state index contributed by atoms with van der Waals surface area (Å²) in [5.41, 5.74) is 34.4. The Morgan fingerprint density at radius 2 is 0.675 bits per heavy atom. The molecule has 15 amide bonds. The molecule has 0 aliphatic carbocycles. The number of primary amides is 1. The molecule has 0 aliphatic heterocycles. The van der Waals surface area contributed by atoms with E-state index >= 15 is 0 Å². The number of unbranched alkanes of at least 4 members (excludes halogenated alkanes) is 2. The number of aliphatic carboxylic acids is 3. The summed E-state index contributed by atoms with van der Waals surface area (Å²) in [5, 5.41) is 104. The number of carbonyl (C=O) groups excluding carboxylic acids is 15. The van der Waals surface area contributed by atoms with Gasteiger partial charge in [0.2, 0.25) is 88.6 Å². The van der Waals surface area contributed by atoms with Gasteiger partial charge in [-0.15, -0.1) is 0 Å². The van der Waals surface area contributed by atoms with Crippen LogP contribution in [0.4, 0.5) is 0 Å². The van der Waals surface area contributed by atoms with Crippen molar-refractivity contribution in [2.24, 2.45) is 57.1 Å². The van der Waals surface area contributed by atoms with Crippen LogP contribution in [0.3, 0.4) is 0 Å². The highest BCUT2D eigenvalue weighted by atomic mass is 16.4. The first-order chi connectivity index (χ1) is 59.3. The zero-order valence-corrected chi connectivity index (χ0v) is 72.1. The molecule has 0 saturated heterocycles. The molecule has 0 bridgehead atoms. The van der Waals surface area contributed by atoms with Gasteiger partial charge in [-0.3, -0.25) is 86.5 Å². The molecule has 0 saturated carbocycles. The fraction of sp³-hybridized carbons (Fsp3) is 0.613. The van der Waals surface area contributed by atoms with Crippen LogP contribution in [0.1, 0.15) is 156 Å². The Hall–Kier alpha value is -12.1. The molecule has 0 unspecified atom stereocenters. The minimum Gasteiger partial charge on any atom is -0.481 e. The summed E-state index contributed by atoms with van der Waals surface area (Å²) in [6.07, 6.45) is -7.33. The molecule has 0 heterocycles. The molecule has 0 radical (unpaired) electrons. The SMILES string of the molecule is CC(C)C[C@H](NC(=O)[C@H](CC(C)C)NC(=O)[C@H](CC(=O)O)NC(=O)[C@H](CCC(=O)O)NC(=O)[C@@H](NC(=O)[C@H](Cc1ccccc1)NC(=O)[C@H](CO)NC(=O)[C@H](CCCN=C(N)N)NC(=O)[C@H](CCCCN)NC(=O)[C@@H](N)CO)C(C)C)C(=O)N[C@@H](Cc1ccccc1)C(=O)N[C@@H](CC(N)=O)C(=O)N[C@@H](CCCCN)C(=O)N[C@H](C(=O)N[C@H](C(=O)O)[C@@H](C)O)[C@@H](C)O. The summed E-state index contributed by atoms with van der Waals surface area (Å²) in [4.78, 5) is 252. The van der Waals surface area contributed by atoms with Gasteiger partial charge in [0.05, 0.1) is 38.3 Å². The number of nitrogens with one attached hydrogen (secondary N) is 14. The van der Waals surface area contributed by atoms with Crippen LogP contribution in [0.15, 0.2) is 65.7 Å². The van der Waals surface area contributed by atoms with Crippen LogP contribution in [-0.4, -0.2) is 284 Å². The third-order valence-electron chi connectivity index (χ3n) is 19.3. The highest BCUT2D eigenvalue weighted by molar-refractivity contribution is 6.02. The van der Waals surface area contributed by atoms with E-state index in [1.807, 2.05) is 5.32 Å². The minimum atomic E-state index is -2.12. The van der Waals surface area contributed by atoms with Crippen LogP contribution in [0, 0.1) is 17.8 Å². The van der Waals surface area contributed by atoms with Crippen molar-refractivity contribution in [3.8, 4) is 0 Å². The number of hydrogen-bond acceptors (Lipinski definition) is 26. The number of carboxylic acid groups (broad SMARTS) is 3. The van der Waals surface area contributed by atoms with E-state index in [0.717, 1.165) is 13.8 Å². The zero-order chi connectivity index (χ0) is 95.2. The number of benzene rings is 2. The maximum Gasteiger partial charge on any atom is 0.328 e. The zero-order valence-electron chi connectivity index (χ0n) is 72.1. The van der Waals surface area contributed by atoms with E-state index in [-0.39, 0.29) is 89.8 Å². The Bertz CT molecular complexity index is 3970. The Labute approximate surface area is 728 Å². The molecule has 0 spiro atoms. The Balaban J connectivity index is 2.60. The molecule has 2 rings (SSSR count). The predicted molar refractivity (Wildman–Crippen MR) is 453 cm³/mol. The van der Waals surface area contributed by atoms with Crippen molar-refractivity contribution in [3.63, 3.8) is 0 Å². The summed E-state index contributed by atoms with van der Waals surface area (Å²) >= 11 is 0. The topological polar surface area (TPSA) is 786 Å². The predicted octanol–water partition coefficient (Wildman–Crippen LogP) is -8.31. The molecule has 0 aromatic heterocycles. The molecule has 33 N–H and O–H groups in total. The van der Waals surface area contributed by atoms with Crippen molar-refractivity contribution in [2.45, 2.75) is 261 Å². The van der Waals surface area contributed by atoms with Crippen LogP contribution in [-0.2, 0) is 99.1 Å². The van der Waals surface area contributed by atoms with Crippen LogP contribution in [0.25, 0.3) is 0 Å². The molecule has 2 aromatic rings. The molecule has 46 nitrogen and oxygen atoms in total. The van der Waals surface area contributed by atoms with Gasteiger partial charge < -0.3 is 145 Å². The average molecular weight is 1790 g/mol. The molecule has 0 aliphatic rings. The Morgan fingerprint density at radius 3 is 1.06 bits per heavy atom. The minimum absolute atomic E-state index is 0.00257. The lowest BCUT2D eigenvalue weighted by Gasteiger charge is -2.29. The molecule has 17 atom stereocenters. The first-order valence-corrected chi connectivity index (χ1v) is 41.3. The Morgan fingerprint density at radius 1 is 0.349 bits per heavy atom. The summed E-state index contributed by atoms with van der Waals surface area (Å²) in [7, 11) is 0. The molecule has 0 fully saturated rings. The molecule has 126 heavy (non-hydrogen) atoms. The van der Waals surface area contributed by atoms with Gasteiger partial charge in [0.15, 0.2) is 12.0 Å². The fourth-order valence-corrected chi connectivity index (χ4v) is 12.5. The summed E-state index contributed by atoms with van der Waals surface area (Å²) in [6, 6.07) is -9.73. The van der Waals surface area contributed by atoms with Crippen molar-refractivity contribution in [1.29, 1.82) is 0 Å². The fourth-order valence-electron chi connectivity index (χ4n) is 12.5. The maximum atomic E-state index is 14.8. The lowest BCUT2D eigenvalue weighted by Crippen LogP contribution is -2.62. The lowest BCUT2D eigenvalue weighted by atomic mass is 9.98. The number of rotatable bonds is 61. The molecular formula is C80H129N21O25. The van der Waals surface area contributed by atoms with E-state index in [1.54, 1.807) is 88.4 Å². The van der Waals surface area contributed by atoms with Crippen molar-refractivity contribution in [3.05, 3.63) is 71.8 Å². The van der Waals surface area contributed by atoms with E-state index < -0.39 is 266 Å². The average Bonchev–Trinajstić information content (AvgIpc) is 0.852. The number of guanidine groups is 1. The number of hydrogen-bond donors (Lipinski definition) is 27. The van der Waals surface area contributed by atoms with Gasteiger partial charge in [-0.1, -0.05) is 102 Å². The number of aliphatic hydroxyl groups excluding tert-OH is 4. The second-order valence-electron chi connectivity index (χ2n) is 31.5. The summed E-state index contributed by atoms with van der Waals surface area (Å²) < 4.78 is 0. The normalized spacial score (nSPS) is 15.3. The first kappa shape index (κ1) is 110. The van der Waals surface area contributed by atoms with Crippen LogP contribution in [0.5, 0.6) is 0 Å². The first-order valence-electron chi connectivity index (χ1n) is 41.3. The third-order valence-corrected chi connectivity index (χ3v) is 19.3. The van der Waals surface area contributed by atoms with Gasteiger partial charge in [-0.2, -0.15) is 0 Å². The number of nitrogens with two attached hydrogens (primary N) is 6. The molecule has 2 aromatic carbocycles. The van der Waals surface area contributed by atoms with Crippen LogP contribution < -0.4 is 109 Å². The number of amides is 15. The molecule has 46 heteroatoms. The summed E-state index contributed by atoms with van der Waals surface area (Å²) in [6.45, 7) is 10.0. The highest BCUT2D eigenvalue weighted by Crippen LogP contribution is 2.17. The quantitative estimate of drug-likeness (QED) is 0.0166. The van der Waals surface area contributed by atoms with Gasteiger partial charge in [-0.05, 0) is 126 Å². The van der Waals surface area contributed by atoms with E-state index in [0.29, 0.717) is 24.0 Å². The van der Waals surface area contributed by atoms with E-state index in [1.165, 1.54) is 13.8 Å². The number of carbonyl (C=O) groups is 18. The van der Waals surface area contributed by atoms with Gasteiger partial charge in [0.25, 0.3) is 0 Å². The number of aliphatic imine (C=N–C) groups is 1. The third kappa shape index (κ3) is 41.6. The second kappa shape index (κ2) is 57.4. The molecule has 704 valence electrons. The van der Waals surface area contributed by atoms with E-state index in [4.69, 9.17) is 34.4 Å². The second-order valence-corrected chi connectivity index (χ2v) is 31.5. The summed E-state index contributed by atoms with van der Waals surface area (Å²) in [5.74, 6) is -23.9. The number of carboxylic acids is 3. The monoisotopic (exact) mass is 1780 g/mol. The van der Waals surface area contributed by atoms with Crippen molar-refractivity contribution in [1.82, 2.24) is 74.4 Å². The van der Waals surface area contributed by atoms with Crippen molar-refractivity contribution < 1.29 is 122 Å². The molecular weight excluding hydrogens is 1660 g/mol. The lowest BCUT2D eigenvalue weighted by molar-refractivity contribution is -0.146. The van der Waals surface area contributed by atoms with E-state index in [2.05, 4.69) is 74.1 Å². The van der Waals surface area contributed by atoms with E-state index in [9.17, 15) is 122 Å². The highest BCUT2D eigenvalue weighted by Gasteiger charge is 2.41. The van der Waals surface area contributed by atoms with Gasteiger partial charge in [-0.25, -0.2) is 4.79 Å². The standard InChI is InChI=1S/C80H129N21O25/c1-40(2)32-52(70(116)92-53(33-41(3)4)71(117)94-54(34-45-20-11-9-12-21-45)72(118)96-56(36-59(84)106)73(119)90-49(25-16-18-30-82)69(115)100-63(43(7)104)78(124)101-64(44(8)105)79(125)126)93-74(120)57(37-61(109)110)97-68(114)51(27-28-60(107)108)91-77(123)62(42(5)6)99-75(121)55(35-46-22-13-10-14-23-46)95-76(122)58(39-103)98-67(113)50(26-19-31-87-80(85)86)89-66(112)48(24-15-17-29-81)88-65(111)47(83)38-102/h9-14,20-23,40-44,47-58,62-64,102-105H,15-19,24-39,81-83H2,1-8H3,(H2,84,106)(H,88,111)(H,89,112)(H,90,119)(H,91,123)(H,92,116)(H,93,120)(H,94,117)(H,95,122)(H,96,118)(H,97,114)(H,98,113)(H,99,121)(H,100,115)(H,101,124)(H,107,108)(H,109,110)(H,125,126)(H4,85,86,87)/t43-,44-,47+,48+,49+,50+,51+,52+,53+,54+,55+,56+,57+,58+,62+,63+,64+/m1/s1. The largest absolute Gasteiger partial charge is 0.481 e. The van der Waals surface area contributed by atoms with Crippen molar-refractivity contribution in [2.75, 3.05) is 32.8 Å². The maximum absolute atomic E-state index is 14.8. The Kier molecular flexibility index (Phi) is 50.1.